The first kappa shape index (κ1) is 24.8. The van der Waals surface area contributed by atoms with Crippen LogP contribution in [0, 0.1) is 10.1 Å². The third kappa shape index (κ3) is 6.35. The Morgan fingerprint density at radius 2 is 1.88 bits per heavy atom. The van der Waals surface area contributed by atoms with Gasteiger partial charge in [-0.05, 0) is 24.3 Å². The van der Waals surface area contributed by atoms with Gasteiger partial charge in [0.1, 0.15) is 0 Å². The topological polar surface area (TPSA) is 132 Å². The van der Waals surface area contributed by atoms with Gasteiger partial charge in [0.2, 0.25) is 5.91 Å². The highest BCUT2D eigenvalue weighted by molar-refractivity contribution is 7.99. The fourth-order valence-corrected chi connectivity index (χ4v) is 3.98. The molecule has 3 rings (SSSR count). The van der Waals surface area contributed by atoms with Gasteiger partial charge >= 0.3 is 0 Å². The summed E-state index contributed by atoms with van der Waals surface area (Å²) >= 11 is 19.0. The molecule has 0 unspecified atom stereocenters. The van der Waals surface area contributed by atoms with E-state index in [0.29, 0.717) is 16.0 Å². The second kappa shape index (κ2) is 10.8. The van der Waals surface area contributed by atoms with Crippen LogP contribution in [0.2, 0.25) is 15.1 Å². The second-order valence-electron chi connectivity index (χ2n) is 6.52. The Bertz CT molecular complexity index is 1240. The van der Waals surface area contributed by atoms with E-state index in [2.05, 4.69) is 20.8 Å². The minimum Gasteiger partial charge on any atom is -0.345 e. The van der Waals surface area contributed by atoms with Crippen molar-refractivity contribution >= 4 is 69.8 Å². The van der Waals surface area contributed by atoms with Crippen LogP contribution in [-0.4, -0.2) is 37.3 Å². The summed E-state index contributed by atoms with van der Waals surface area (Å²) in [4.78, 5) is 34.9. The van der Waals surface area contributed by atoms with Crippen LogP contribution in [0.5, 0.6) is 0 Å². The van der Waals surface area contributed by atoms with Gasteiger partial charge in [-0.1, -0.05) is 46.6 Å². The van der Waals surface area contributed by atoms with Crippen molar-refractivity contribution in [2.75, 3.05) is 11.1 Å². The maximum atomic E-state index is 12.3. The second-order valence-corrected chi connectivity index (χ2v) is 8.72. The Hall–Kier alpha value is -2.86. The summed E-state index contributed by atoms with van der Waals surface area (Å²) in [5, 5.41) is 25.4. The number of nitro groups is 1. The van der Waals surface area contributed by atoms with Crippen LogP contribution in [-0.2, 0) is 18.4 Å². The summed E-state index contributed by atoms with van der Waals surface area (Å²) in [6.45, 7) is 0.0807. The van der Waals surface area contributed by atoms with Crippen LogP contribution in [0.3, 0.4) is 0 Å². The highest BCUT2D eigenvalue weighted by Gasteiger charge is 2.16. The van der Waals surface area contributed by atoms with Crippen LogP contribution in [0.25, 0.3) is 0 Å². The van der Waals surface area contributed by atoms with Crippen molar-refractivity contribution < 1.29 is 14.5 Å². The van der Waals surface area contributed by atoms with Crippen LogP contribution in [0.4, 0.5) is 11.4 Å². The summed E-state index contributed by atoms with van der Waals surface area (Å²) < 4.78 is 1.63. The lowest BCUT2D eigenvalue weighted by molar-refractivity contribution is -0.384. The fourth-order valence-electron chi connectivity index (χ4n) is 2.59. The number of amides is 2. The molecule has 0 radical (unpaired) electrons. The number of non-ortho nitro benzene ring substituents is 1. The summed E-state index contributed by atoms with van der Waals surface area (Å²) in [6, 6.07) is 8.31. The molecule has 3 aromatic rings. The normalized spacial score (nSPS) is 10.7. The van der Waals surface area contributed by atoms with E-state index in [1.807, 2.05) is 0 Å². The Morgan fingerprint density at radius 3 is 2.58 bits per heavy atom. The van der Waals surface area contributed by atoms with Crippen molar-refractivity contribution in [2.24, 2.45) is 7.05 Å². The summed E-state index contributed by atoms with van der Waals surface area (Å²) in [5.41, 5.74) is 0.218. The number of thioether (sulfide) groups is 1. The zero-order valence-electron chi connectivity index (χ0n) is 16.8. The molecular weight excluding hydrogens is 515 g/mol. The van der Waals surface area contributed by atoms with E-state index < -0.39 is 16.7 Å². The summed E-state index contributed by atoms with van der Waals surface area (Å²) in [7, 11) is 1.69. The Balaban J connectivity index is 1.56. The fraction of sp³-hybridized carbons (Fsp3) is 0.158. The molecule has 2 aromatic carbocycles. The molecule has 0 fully saturated rings. The Kier molecular flexibility index (Phi) is 8.14. The number of nitrogens with one attached hydrogen (secondary N) is 2. The molecule has 2 N–H and O–H groups in total. The van der Waals surface area contributed by atoms with E-state index in [4.69, 9.17) is 34.8 Å². The molecule has 1 aromatic heterocycles. The standard InChI is InChI=1S/C19H15Cl3N6O4S/c1-27-16(8-23-18(30)12-4-2-10(20)6-14(12)22)25-26-19(27)33-9-17(29)24-15-7-11(28(31)32)3-5-13(15)21/h2-7H,8-9H2,1H3,(H,23,30)(H,24,29). The van der Waals surface area contributed by atoms with Crippen LogP contribution in [0.1, 0.15) is 16.2 Å². The number of hydrogen-bond donors (Lipinski definition) is 2. The molecule has 0 saturated heterocycles. The van der Waals surface area contributed by atoms with Crippen molar-refractivity contribution in [3.05, 3.63) is 73.0 Å². The number of halogens is 3. The molecule has 0 bridgehead atoms. The maximum Gasteiger partial charge on any atom is 0.271 e. The van der Waals surface area contributed by atoms with E-state index in [9.17, 15) is 19.7 Å². The predicted octanol–water partition coefficient (Wildman–Crippen LogP) is 4.34. The first-order valence-electron chi connectivity index (χ1n) is 9.14. The molecule has 0 aliphatic carbocycles. The first-order chi connectivity index (χ1) is 15.7. The zero-order chi connectivity index (χ0) is 24.1. The van der Waals surface area contributed by atoms with Crippen LogP contribution >= 0.6 is 46.6 Å². The van der Waals surface area contributed by atoms with Crippen molar-refractivity contribution in [3.8, 4) is 0 Å². The zero-order valence-corrected chi connectivity index (χ0v) is 19.9. The highest BCUT2D eigenvalue weighted by Crippen LogP contribution is 2.27. The Labute approximate surface area is 206 Å². The van der Waals surface area contributed by atoms with Gasteiger partial charge in [-0.25, -0.2) is 0 Å². The molecule has 172 valence electrons. The van der Waals surface area contributed by atoms with Gasteiger partial charge in [0, 0.05) is 24.2 Å². The summed E-state index contributed by atoms with van der Waals surface area (Å²) in [5.74, 6) is -0.421. The number of hydrogen-bond acceptors (Lipinski definition) is 7. The molecular formula is C19H15Cl3N6O4S. The van der Waals surface area contributed by atoms with Gasteiger partial charge in [0.15, 0.2) is 11.0 Å². The number of aromatic nitrogens is 3. The van der Waals surface area contributed by atoms with Crippen LogP contribution in [0.15, 0.2) is 41.6 Å². The molecule has 33 heavy (non-hydrogen) atoms. The molecule has 1 heterocycles. The van der Waals surface area contributed by atoms with Gasteiger partial charge in [-0.3, -0.25) is 19.7 Å². The minimum atomic E-state index is -0.582. The molecule has 0 aliphatic heterocycles. The number of anilines is 1. The molecule has 2 amide bonds. The lowest BCUT2D eigenvalue weighted by Gasteiger charge is -2.08. The molecule has 10 nitrogen and oxygen atoms in total. The highest BCUT2D eigenvalue weighted by atomic mass is 35.5. The van der Waals surface area contributed by atoms with Crippen molar-refractivity contribution in [1.82, 2.24) is 20.1 Å². The maximum absolute atomic E-state index is 12.3. The van der Waals surface area contributed by atoms with Crippen molar-refractivity contribution in [3.63, 3.8) is 0 Å². The number of nitrogens with zero attached hydrogens (tertiary/aromatic N) is 4. The number of benzene rings is 2. The summed E-state index contributed by atoms with van der Waals surface area (Å²) in [6.07, 6.45) is 0. The largest absolute Gasteiger partial charge is 0.345 e. The van der Waals surface area contributed by atoms with Gasteiger partial charge in [0.25, 0.3) is 11.6 Å². The van der Waals surface area contributed by atoms with Gasteiger partial charge in [-0.2, -0.15) is 0 Å². The lowest BCUT2D eigenvalue weighted by Crippen LogP contribution is -2.24. The van der Waals surface area contributed by atoms with E-state index in [1.54, 1.807) is 17.7 Å². The van der Waals surface area contributed by atoms with E-state index in [0.717, 1.165) is 11.8 Å². The lowest BCUT2D eigenvalue weighted by atomic mass is 10.2. The minimum absolute atomic E-state index is 0.0439. The number of carbonyl (C=O) groups excluding carboxylic acids is 2. The van der Waals surface area contributed by atoms with E-state index in [-0.39, 0.29) is 39.3 Å². The average molecular weight is 530 g/mol. The monoisotopic (exact) mass is 528 g/mol. The molecule has 0 aliphatic rings. The van der Waals surface area contributed by atoms with Crippen molar-refractivity contribution in [2.45, 2.75) is 11.7 Å². The third-order valence-electron chi connectivity index (χ3n) is 4.28. The number of nitro benzene ring substituents is 1. The SMILES string of the molecule is Cn1c(CNC(=O)c2ccc(Cl)cc2Cl)nnc1SCC(=O)Nc1cc([N+](=O)[O-])ccc1Cl. The smallest absolute Gasteiger partial charge is 0.271 e. The predicted molar refractivity (Wildman–Crippen MR) is 126 cm³/mol. The first-order valence-corrected chi connectivity index (χ1v) is 11.3. The number of rotatable bonds is 8. The molecule has 0 spiro atoms. The van der Waals surface area contributed by atoms with Gasteiger partial charge in [-0.15, -0.1) is 10.2 Å². The average Bonchev–Trinajstić information content (AvgIpc) is 3.11. The molecule has 14 heteroatoms. The van der Waals surface area contributed by atoms with E-state index >= 15 is 0 Å². The Morgan fingerprint density at radius 1 is 1.12 bits per heavy atom. The number of carbonyl (C=O) groups is 2. The van der Waals surface area contributed by atoms with Crippen molar-refractivity contribution in [1.29, 1.82) is 0 Å². The van der Waals surface area contributed by atoms with Gasteiger partial charge in [0.05, 0.1) is 38.5 Å². The molecule has 0 saturated carbocycles. The van der Waals surface area contributed by atoms with E-state index in [1.165, 1.54) is 30.3 Å². The quantitative estimate of drug-likeness (QED) is 0.252. The van der Waals surface area contributed by atoms with Gasteiger partial charge < -0.3 is 15.2 Å². The van der Waals surface area contributed by atoms with Crippen LogP contribution < -0.4 is 10.6 Å². The molecule has 0 atom stereocenters. The third-order valence-corrected chi connectivity index (χ3v) is 6.17.